The van der Waals surface area contributed by atoms with Crippen LogP contribution >= 0.6 is 0 Å². The van der Waals surface area contributed by atoms with Gasteiger partial charge < -0.3 is 18.9 Å². The van der Waals surface area contributed by atoms with Crippen LogP contribution < -0.4 is 18.9 Å². The molecule has 4 aromatic heterocycles. The second kappa shape index (κ2) is 14.3. The van der Waals surface area contributed by atoms with Crippen LogP contribution in [-0.4, -0.2) is 29.5 Å². The van der Waals surface area contributed by atoms with Crippen LogP contribution in [0.3, 0.4) is 0 Å². The Kier molecular flexibility index (Phi) is 8.90. The Morgan fingerprint density at radius 2 is 0.906 bits per heavy atom. The summed E-state index contributed by atoms with van der Waals surface area (Å²) < 4.78 is 81.1. The van der Waals surface area contributed by atoms with Crippen LogP contribution in [0, 0.1) is 0 Å². The number of benzene rings is 4. The van der Waals surface area contributed by atoms with Gasteiger partial charge in [-0.2, -0.15) is 0 Å². The molecule has 0 N–H and O–H groups in total. The van der Waals surface area contributed by atoms with Gasteiger partial charge in [0.15, 0.2) is 0 Å². The minimum atomic E-state index is -2.78. The van der Waals surface area contributed by atoms with Crippen molar-refractivity contribution >= 4 is 21.8 Å². The van der Waals surface area contributed by atoms with E-state index in [0.29, 0.717) is 22.5 Å². The molecule has 0 unspecified atom stereocenters. The van der Waals surface area contributed by atoms with E-state index in [1.54, 1.807) is 65.2 Å². The van der Waals surface area contributed by atoms with Crippen LogP contribution in [-0.2, 0) is 0 Å². The summed E-state index contributed by atoms with van der Waals surface area (Å²) in [4.78, 5) is 20.9. The monoisotopic (exact) mass is 716 g/mol. The lowest BCUT2D eigenvalue weighted by Gasteiger charge is -2.12. The topological polar surface area (TPSA) is 106 Å². The highest BCUT2D eigenvalue weighted by Gasteiger charge is 2.19. The average molecular weight is 717 g/mol. The Morgan fingerprint density at radius 1 is 0.453 bits per heavy atom. The largest absolute Gasteiger partial charge is 0.457 e. The molecule has 4 aromatic carbocycles. The van der Waals surface area contributed by atoms with E-state index >= 15 is 0 Å². The number of hydrogen-bond donors (Lipinski definition) is 0. The predicted molar refractivity (Wildman–Crippen MR) is 186 cm³/mol. The van der Waals surface area contributed by atoms with Crippen LogP contribution in [0.2, 0.25) is 0 Å². The highest BCUT2D eigenvalue weighted by molar-refractivity contribution is 6.09. The molecule has 0 aliphatic rings. The summed E-state index contributed by atoms with van der Waals surface area (Å²) in [6, 6.07) is 28.5. The van der Waals surface area contributed by atoms with Crippen molar-refractivity contribution in [3.8, 4) is 52.2 Å². The van der Waals surface area contributed by atoms with Gasteiger partial charge in [-0.25, -0.2) is 42.5 Å². The smallest absolute Gasteiger partial charge is 0.264 e. The molecule has 0 aliphatic carbocycles. The van der Waals surface area contributed by atoms with E-state index < -0.39 is 12.9 Å². The number of fused-ring (bicyclic) bond motifs is 3. The molecule has 0 atom stereocenters. The minimum Gasteiger partial charge on any atom is -0.457 e. The molecule has 8 aromatic rings. The summed E-state index contributed by atoms with van der Waals surface area (Å²) in [6.45, 7) is 0. The van der Waals surface area contributed by atoms with Crippen molar-refractivity contribution in [2.75, 3.05) is 0 Å². The van der Waals surface area contributed by atoms with Crippen LogP contribution in [0.5, 0.6) is 46.3 Å². The van der Waals surface area contributed by atoms with Gasteiger partial charge in [0.05, 0.1) is 11.0 Å². The van der Waals surface area contributed by atoms with Gasteiger partial charge in [-0.05, 0) is 60.7 Å². The maximum atomic E-state index is 13.9. The lowest BCUT2D eigenvalue weighted by atomic mass is 10.1. The maximum Gasteiger partial charge on any atom is 0.264 e. The van der Waals surface area contributed by atoms with Crippen molar-refractivity contribution in [3.05, 3.63) is 145 Å². The van der Waals surface area contributed by atoms with Crippen molar-refractivity contribution in [1.82, 2.24) is 29.5 Å². The number of aromatic nitrogens is 6. The van der Waals surface area contributed by atoms with E-state index in [1.807, 2.05) is 12.1 Å². The molecule has 14 heteroatoms. The lowest BCUT2D eigenvalue weighted by molar-refractivity contribution is 0.150. The first kappa shape index (κ1) is 33.1. The second-order valence-electron chi connectivity index (χ2n) is 11.5. The Balaban J connectivity index is 1.17. The SMILES string of the molecule is FC(F)c1cc(Oc2ccc3c4ccc(Oc5cc(Oc6ccccn6)cc(C(F)F)c5)cc4n(-c4ncncn4)c3c2)cc(Oc2ccccn2)c1. The van der Waals surface area contributed by atoms with Crippen molar-refractivity contribution < 1.29 is 36.5 Å². The second-order valence-corrected chi connectivity index (χ2v) is 11.5. The molecule has 0 radical (unpaired) electrons. The van der Waals surface area contributed by atoms with Gasteiger partial charge in [0.1, 0.15) is 47.2 Å². The van der Waals surface area contributed by atoms with Gasteiger partial charge in [-0.15, -0.1) is 0 Å². The number of pyridine rings is 2. The van der Waals surface area contributed by atoms with Gasteiger partial charge in [0.2, 0.25) is 17.7 Å². The molecule has 10 nitrogen and oxygen atoms in total. The summed E-state index contributed by atoms with van der Waals surface area (Å²) >= 11 is 0. The van der Waals surface area contributed by atoms with E-state index in [2.05, 4.69) is 24.9 Å². The van der Waals surface area contributed by atoms with Gasteiger partial charge in [0, 0.05) is 70.7 Å². The first-order chi connectivity index (χ1) is 25.9. The third-order valence-corrected chi connectivity index (χ3v) is 7.89. The summed E-state index contributed by atoms with van der Waals surface area (Å²) in [5, 5.41) is 1.57. The number of nitrogens with zero attached hydrogens (tertiary/aromatic N) is 6. The molecule has 0 spiro atoms. The summed E-state index contributed by atoms with van der Waals surface area (Å²) in [5.41, 5.74) is 0.634. The summed E-state index contributed by atoms with van der Waals surface area (Å²) in [6.07, 6.45) is 0.179. The first-order valence-corrected chi connectivity index (χ1v) is 16.0. The maximum absolute atomic E-state index is 13.9. The fourth-order valence-electron chi connectivity index (χ4n) is 5.67. The van der Waals surface area contributed by atoms with Crippen LogP contribution in [0.25, 0.3) is 27.8 Å². The van der Waals surface area contributed by atoms with E-state index in [9.17, 15) is 17.6 Å². The highest BCUT2D eigenvalue weighted by atomic mass is 19.3. The number of halogens is 4. The standard InChI is InChI=1S/C39H24F4N6O4/c40-37(41)23-13-27(17-29(15-23)52-35-5-1-3-11-45-35)50-25-7-9-31-32-10-8-26(20-34(32)49(33(31)19-25)39-47-21-44-22-48-39)51-28-14-24(38(42)43)16-30(18-28)53-36-6-2-4-12-46-36/h1-22,37-38H. The van der Waals surface area contributed by atoms with Crippen molar-refractivity contribution in [2.45, 2.75) is 12.9 Å². The molecular formula is C39H24F4N6O4. The molecule has 0 saturated carbocycles. The molecular weight excluding hydrogens is 692 g/mol. The number of alkyl halides is 4. The van der Waals surface area contributed by atoms with Crippen molar-refractivity contribution in [3.63, 3.8) is 0 Å². The van der Waals surface area contributed by atoms with Gasteiger partial charge in [0.25, 0.3) is 12.9 Å². The summed E-state index contributed by atoms with van der Waals surface area (Å²) in [5.74, 6) is 1.86. The van der Waals surface area contributed by atoms with Gasteiger partial charge in [-0.3, -0.25) is 4.57 Å². The van der Waals surface area contributed by atoms with Gasteiger partial charge >= 0.3 is 0 Å². The third-order valence-electron chi connectivity index (χ3n) is 7.89. The third kappa shape index (κ3) is 7.23. The van der Waals surface area contributed by atoms with Crippen molar-refractivity contribution in [1.29, 1.82) is 0 Å². The average Bonchev–Trinajstić information content (AvgIpc) is 3.48. The zero-order valence-corrected chi connectivity index (χ0v) is 27.2. The molecule has 0 fully saturated rings. The number of ether oxygens (including phenoxy) is 4. The van der Waals surface area contributed by atoms with E-state index in [4.69, 9.17) is 18.9 Å². The molecule has 0 bridgehead atoms. The van der Waals surface area contributed by atoms with Crippen LogP contribution in [0.1, 0.15) is 24.0 Å². The lowest BCUT2D eigenvalue weighted by Crippen LogP contribution is -2.01. The molecule has 262 valence electrons. The molecule has 53 heavy (non-hydrogen) atoms. The van der Waals surface area contributed by atoms with E-state index in [-0.39, 0.29) is 51.8 Å². The summed E-state index contributed by atoms with van der Waals surface area (Å²) in [7, 11) is 0. The Hall–Kier alpha value is -7.09. The molecule has 8 rings (SSSR count). The van der Waals surface area contributed by atoms with Crippen LogP contribution in [0.15, 0.2) is 134 Å². The molecule has 0 aliphatic heterocycles. The first-order valence-electron chi connectivity index (χ1n) is 16.0. The number of hydrogen-bond acceptors (Lipinski definition) is 9. The predicted octanol–water partition coefficient (Wildman–Crippen LogP) is 10.8. The molecule has 0 saturated heterocycles. The Morgan fingerprint density at radius 3 is 1.32 bits per heavy atom. The fraction of sp³-hybridized carbons (Fsp3) is 0.0513. The minimum absolute atomic E-state index is 0.115. The normalized spacial score (nSPS) is 11.4. The highest BCUT2D eigenvalue weighted by Crippen LogP contribution is 2.40. The Bertz CT molecular complexity index is 2390. The quantitative estimate of drug-likeness (QED) is 0.121. The fourth-order valence-corrected chi connectivity index (χ4v) is 5.67. The zero-order valence-electron chi connectivity index (χ0n) is 27.2. The number of rotatable bonds is 11. The van der Waals surface area contributed by atoms with E-state index in [1.165, 1.54) is 61.4 Å². The van der Waals surface area contributed by atoms with Gasteiger partial charge in [-0.1, -0.05) is 12.1 Å². The molecule has 0 amide bonds. The van der Waals surface area contributed by atoms with Crippen LogP contribution in [0.4, 0.5) is 17.6 Å². The molecule has 4 heterocycles. The van der Waals surface area contributed by atoms with E-state index in [0.717, 1.165) is 10.8 Å². The Labute approximate surface area is 297 Å². The van der Waals surface area contributed by atoms with Crippen molar-refractivity contribution in [2.24, 2.45) is 0 Å². The zero-order chi connectivity index (χ0) is 36.3.